The van der Waals surface area contributed by atoms with Gasteiger partial charge >= 0.3 is 0 Å². The fraction of sp³-hybridized carbons (Fsp3) is 0.625. The molecule has 4 heteroatoms. The summed E-state index contributed by atoms with van der Waals surface area (Å²) < 4.78 is 13.5. The maximum atomic E-state index is 13.5. The molecule has 3 rings (SSSR count). The van der Waals surface area contributed by atoms with E-state index in [0.717, 1.165) is 24.3 Å². The van der Waals surface area contributed by atoms with Gasteiger partial charge in [-0.15, -0.1) is 11.8 Å². The molecule has 20 heavy (non-hydrogen) atoms. The molecule has 0 bridgehead atoms. The normalized spacial score (nSPS) is 27.0. The van der Waals surface area contributed by atoms with Crippen LogP contribution in [0.25, 0.3) is 0 Å². The van der Waals surface area contributed by atoms with Crippen LogP contribution in [-0.4, -0.2) is 35.8 Å². The molecule has 1 aromatic carbocycles. The average molecular weight is 294 g/mol. The molecular weight excluding hydrogens is 271 g/mol. The predicted octanol–water partition coefficient (Wildman–Crippen LogP) is 3.43. The van der Waals surface area contributed by atoms with Gasteiger partial charge in [-0.05, 0) is 62.7 Å². The molecule has 2 atom stereocenters. The van der Waals surface area contributed by atoms with Gasteiger partial charge in [0.2, 0.25) is 0 Å². The Bertz CT molecular complexity index is 478. The molecule has 0 aromatic heterocycles. The fourth-order valence-electron chi connectivity index (χ4n) is 3.22. The summed E-state index contributed by atoms with van der Waals surface area (Å²) in [5.41, 5.74) is 1.16. The second kappa shape index (κ2) is 6.04. The maximum Gasteiger partial charge on any atom is 0.123 e. The first kappa shape index (κ1) is 14.4. The van der Waals surface area contributed by atoms with Crippen molar-refractivity contribution >= 4 is 11.8 Å². The first-order valence-corrected chi connectivity index (χ1v) is 8.54. The molecule has 2 aliphatic heterocycles. The first-order chi connectivity index (χ1) is 9.63. The van der Waals surface area contributed by atoms with Crippen LogP contribution in [0, 0.1) is 5.82 Å². The van der Waals surface area contributed by atoms with Crippen LogP contribution in [0.3, 0.4) is 0 Å². The van der Waals surface area contributed by atoms with E-state index in [0.29, 0.717) is 18.1 Å². The third-order valence-corrected chi connectivity index (χ3v) is 5.52. The number of thioether (sulfide) groups is 1. The van der Waals surface area contributed by atoms with Crippen molar-refractivity contribution in [3.05, 3.63) is 29.6 Å². The van der Waals surface area contributed by atoms with Crippen LogP contribution in [0.15, 0.2) is 23.1 Å². The summed E-state index contributed by atoms with van der Waals surface area (Å²) in [6.07, 6.45) is 2.30. The van der Waals surface area contributed by atoms with Crippen molar-refractivity contribution in [1.29, 1.82) is 0 Å². The Morgan fingerprint density at radius 2 is 2.20 bits per heavy atom. The lowest BCUT2D eigenvalue weighted by Gasteiger charge is -2.29. The summed E-state index contributed by atoms with van der Waals surface area (Å²) in [5, 5.41) is 3.76. The molecule has 2 heterocycles. The molecule has 0 amide bonds. The number of fused-ring (bicyclic) bond motifs is 1. The molecule has 1 aromatic rings. The van der Waals surface area contributed by atoms with Gasteiger partial charge in [-0.3, -0.25) is 4.90 Å². The number of benzene rings is 1. The molecule has 2 unspecified atom stereocenters. The number of nitrogens with zero attached hydrogens (tertiary/aromatic N) is 1. The van der Waals surface area contributed by atoms with Gasteiger partial charge in [-0.25, -0.2) is 4.39 Å². The third kappa shape index (κ3) is 3.02. The summed E-state index contributed by atoms with van der Waals surface area (Å²) >= 11 is 1.85. The molecule has 2 aliphatic rings. The number of rotatable bonds is 3. The zero-order chi connectivity index (χ0) is 14.1. The van der Waals surface area contributed by atoms with Crippen molar-refractivity contribution in [3.8, 4) is 0 Å². The standard InChI is InChI=1S/C16H23FN2S/c1-11(2)19-7-5-13(10-19)18-15-6-8-20-16-4-3-12(17)9-14(15)16/h3-4,9,11,13,15,18H,5-8,10H2,1-2H3. The van der Waals surface area contributed by atoms with Gasteiger partial charge in [-0.1, -0.05) is 0 Å². The summed E-state index contributed by atoms with van der Waals surface area (Å²) in [6.45, 7) is 6.80. The Kier molecular flexibility index (Phi) is 4.34. The Labute approximate surface area is 125 Å². The molecule has 1 fully saturated rings. The number of halogens is 1. The first-order valence-electron chi connectivity index (χ1n) is 7.56. The van der Waals surface area contributed by atoms with Crippen molar-refractivity contribution in [3.63, 3.8) is 0 Å². The molecule has 110 valence electrons. The number of hydrogen-bond donors (Lipinski definition) is 1. The third-order valence-electron chi connectivity index (χ3n) is 4.40. The monoisotopic (exact) mass is 294 g/mol. The second-order valence-electron chi connectivity index (χ2n) is 6.11. The SMILES string of the molecule is CC(C)N1CCC(NC2CCSc3ccc(F)cc32)C1. The van der Waals surface area contributed by atoms with Gasteiger partial charge < -0.3 is 5.32 Å². The lowest BCUT2D eigenvalue weighted by molar-refractivity contribution is 0.264. The van der Waals surface area contributed by atoms with E-state index in [1.165, 1.54) is 17.9 Å². The lowest BCUT2D eigenvalue weighted by atomic mass is 10.0. The minimum absolute atomic E-state index is 0.117. The van der Waals surface area contributed by atoms with E-state index in [-0.39, 0.29) is 5.82 Å². The van der Waals surface area contributed by atoms with Crippen molar-refractivity contribution in [2.45, 2.75) is 49.7 Å². The Morgan fingerprint density at radius 3 is 2.95 bits per heavy atom. The van der Waals surface area contributed by atoms with Gasteiger partial charge in [0.05, 0.1) is 0 Å². The quantitative estimate of drug-likeness (QED) is 0.919. The van der Waals surface area contributed by atoms with Crippen LogP contribution in [0.2, 0.25) is 0 Å². The molecule has 0 aliphatic carbocycles. The fourth-order valence-corrected chi connectivity index (χ4v) is 4.32. The second-order valence-corrected chi connectivity index (χ2v) is 7.25. The van der Waals surface area contributed by atoms with Gasteiger partial charge in [-0.2, -0.15) is 0 Å². The topological polar surface area (TPSA) is 15.3 Å². The Hall–Kier alpha value is -0.580. The van der Waals surface area contributed by atoms with Gasteiger partial charge in [0.15, 0.2) is 0 Å². The van der Waals surface area contributed by atoms with E-state index in [1.54, 1.807) is 12.1 Å². The van der Waals surface area contributed by atoms with Crippen LogP contribution in [0.5, 0.6) is 0 Å². The van der Waals surface area contributed by atoms with Gasteiger partial charge in [0.25, 0.3) is 0 Å². The van der Waals surface area contributed by atoms with E-state index in [4.69, 9.17) is 0 Å². The molecule has 0 saturated carbocycles. The van der Waals surface area contributed by atoms with Gasteiger partial charge in [0, 0.05) is 29.6 Å². The zero-order valence-corrected chi connectivity index (χ0v) is 13.0. The van der Waals surface area contributed by atoms with Crippen molar-refractivity contribution in [2.24, 2.45) is 0 Å². The summed E-state index contributed by atoms with van der Waals surface area (Å²) in [5.74, 6) is 1.00. The lowest BCUT2D eigenvalue weighted by Crippen LogP contribution is -2.38. The smallest absolute Gasteiger partial charge is 0.123 e. The molecular formula is C16H23FN2S. The number of likely N-dealkylation sites (tertiary alicyclic amines) is 1. The largest absolute Gasteiger partial charge is 0.306 e. The minimum Gasteiger partial charge on any atom is -0.306 e. The highest BCUT2D eigenvalue weighted by atomic mass is 32.2. The van der Waals surface area contributed by atoms with Crippen molar-refractivity contribution in [1.82, 2.24) is 10.2 Å². The summed E-state index contributed by atoms with van der Waals surface area (Å²) in [6, 6.07) is 6.70. The van der Waals surface area contributed by atoms with Crippen LogP contribution in [-0.2, 0) is 0 Å². The van der Waals surface area contributed by atoms with Crippen molar-refractivity contribution < 1.29 is 4.39 Å². The van der Waals surface area contributed by atoms with E-state index in [1.807, 2.05) is 17.8 Å². The van der Waals surface area contributed by atoms with Crippen molar-refractivity contribution in [2.75, 3.05) is 18.8 Å². The number of nitrogens with one attached hydrogen (secondary N) is 1. The van der Waals surface area contributed by atoms with Crippen LogP contribution in [0.1, 0.15) is 38.3 Å². The molecule has 0 spiro atoms. The molecule has 1 N–H and O–H groups in total. The highest BCUT2D eigenvalue weighted by Crippen LogP contribution is 2.37. The van der Waals surface area contributed by atoms with E-state index in [2.05, 4.69) is 24.1 Å². The molecule has 0 radical (unpaired) electrons. The average Bonchev–Trinajstić information content (AvgIpc) is 2.88. The molecule has 1 saturated heterocycles. The highest BCUT2D eigenvalue weighted by Gasteiger charge is 2.28. The maximum absolute atomic E-state index is 13.5. The number of hydrogen-bond acceptors (Lipinski definition) is 3. The van der Waals surface area contributed by atoms with Crippen LogP contribution in [0.4, 0.5) is 4.39 Å². The Balaban J connectivity index is 1.69. The van der Waals surface area contributed by atoms with E-state index < -0.39 is 0 Å². The van der Waals surface area contributed by atoms with Gasteiger partial charge in [0.1, 0.15) is 5.82 Å². The van der Waals surface area contributed by atoms with E-state index in [9.17, 15) is 4.39 Å². The van der Waals surface area contributed by atoms with Crippen LogP contribution >= 0.6 is 11.8 Å². The Morgan fingerprint density at radius 1 is 1.35 bits per heavy atom. The van der Waals surface area contributed by atoms with E-state index >= 15 is 0 Å². The molecule has 2 nitrogen and oxygen atoms in total. The zero-order valence-electron chi connectivity index (χ0n) is 12.2. The summed E-state index contributed by atoms with van der Waals surface area (Å²) in [4.78, 5) is 3.76. The highest BCUT2D eigenvalue weighted by molar-refractivity contribution is 7.99. The predicted molar refractivity (Wildman–Crippen MR) is 82.7 cm³/mol. The summed E-state index contributed by atoms with van der Waals surface area (Å²) in [7, 11) is 0. The van der Waals surface area contributed by atoms with Crippen LogP contribution < -0.4 is 5.32 Å². The minimum atomic E-state index is -0.117.